The van der Waals surface area contributed by atoms with Crippen LogP contribution in [0.5, 0.6) is 0 Å². The molecule has 0 unspecified atom stereocenters. The highest BCUT2D eigenvalue weighted by atomic mass is 32.2. The first-order valence-corrected chi connectivity index (χ1v) is 7.32. The van der Waals surface area contributed by atoms with E-state index in [0.717, 1.165) is 5.56 Å². The molecule has 0 aliphatic rings. The average molecular weight is 314 g/mol. The van der Waals surface area contributed by atoms with Crippen molar-refractivity contribution in [1.29, 1.82) is 5.26 Å². The van der Waals surface area contributed by atoms with Gasteiger partial charge in [-0.3, -0.25) is 9.78 Å². The Kier molecular flexibility index (Phi) is 4.91. The minimum Gasteiger partial charge on any atom is -0.401 e. The van der Waals surface area contributed by atoms with Gasteiger partial charge in [0.1, 0.15) is 5.92 Å². The number of nitrogens with two attached hydrogens (primary N) is 1. The molecule has 0 aromatic carbocycles. The van der Waals surface area contributed by atoms with Gasteiger partial charge in [-0.05, 0) is 12.1 Å². The van der Waals surface area contributed by atoms with E-state index < -0.39 is 5.92 Å². The van der Waals surface area contributed by atoms with Gasteiger partial charge in [-0.1, -0.05) is 18.3 Å². The maximum absolute atomic E-state index is 11.9. The number of hydrogen-bond donors (Lipinski definition) is 1. The van der Waals surface area contributed by atoms with Crippen LogP contribution < -0.4 is 5.73 Å². The van der Waals surface area contributed by atoms with E-state index in [2.05, 4.69) is 21.8 Å². The predicted molar refractivity (Wildman–Crippen MR) is 82.4 cm³/mol. The van der Waals surface area contributed by atoms with Gasteiger partial charge < -0.3 is 10.3 Å². The third kappa shape index (κ3) is 3.32. The van der Waals surface area contributed by atoms with Crippen molar-refractivity contribution in [3.8, 4) is 17.5 Å². The average Bonchev–Trinajstić information content (AvgIpc) is 2.87. The third-order valence-electron chi connectivity index (χ3n) is 2.94. The summed E-state index contributed by atoms with van der Waals surface area (Å²) >= 11 is 1.21. The van der Waals surface area contributed by atoms with E-state index in [0.29, 0.717) is 11.0 Å². The standard InChI is InChI=1S/C14H14N6OS/c1-9(16)11(7-15)12(21)8-22-14-19-18-13(20(14)2)10-3-5-17-6-4-10/h3-6,11H,1,8,16H2,2H3/t11-/m1/s1. The molecule has 0 saturated heterocycles. The number of nitriles is 1. The van der Waals surface area contributed by atoms with Gasteiger partial charge in [0.05, 0.1) is 11.8 Å². The lowest BCUT2D eigenvalue weighted by molar-refractivity contribution is -0.117. The Hall–Kier alpha value is -2.66. The Labute approximate surface area is 131 Å². The monoisotopic (exact) mass is 314 g/mol. The highest BCUT2D eigenvalue weighted by Crippen LogP contribution is 2.23. The summed E-state index contributed by atoms with van der Waals surface area (Å²) < 4.78 is 1.78. The number of carbonyl (C=O) groups excluding carboxylic acids is 1. The van der Waals surface area contributed by atoms with Gasteiger partial charge in [-0.2, -0.15) is 5.26 Å². The Morgan fingerprint density at radius 2 is 2.18 bits per heavy atom. The molecule has 2 rings (SSSR count). The number of allylic oxidation sites excluding steroid dienone is 1. The van der Waals surface area contributed by atoms with Crippen molar-refractivity contribution in [2.24, 2.45) is 18.7 Å². The quantitative estimate of drug-likeness (QED) is 0.796. The van der Waals surface area contributed by atoms with E-state index in [-0.39, 0.29) is 17.2 Å². The lowest BCUT2D eigenvalue weighted by atomic mass is 10.1. The van der Waals surface area contributed by atoms with E-state index in [9.17, 15) is 4.79 Å². The number of pyridine rings is 1. The van der Waals surface area contributed by atoms with Gasteiger partial charge in [0.15, 0.2) is 16.8 Å². The Bertz CT molecular complexity index is 734. The van der Waals surface area contributed by atoms with Gasteiger partial charge in [-0.25, -0.2) is 0 Å². The largest absolute Gasteiger partial charge is 0.401 e. The first-order chi connectivity index (χ1) is 10.5. The molecule has 0 amide bonds. The molecule has 2 aromatic heterocycles. The topological polar surface area (TPSA) is 110 Å². The Balaban J connectivity index is 2.10. The number of nitrogens with zero attached hydrogens (tertiary/aromatic N) is 5. The maximum atomic E-state index is 11.9. The van der Waals surface area contributed by atoms with Crippen LogP contribution in [-0.2, 0) is 11.8 Å². The summed E-state index contributed by atoms with van der Waals surface area (Å²) in [5.74, 6) is -0.525. The van der Waals surface area contributed by atoms with E-state index in [1.54, 1.807) is 17.0 Å². The first-order valence-electron chi connectivity index (χ1n) is 6.33. The lowest BCUT2D eigenvalue weighted by Crippen LogP contribution is -2.21. The summed E-state index contributed by atoms with van der Waals surface area (Å²) in [6, 6.07) is 5.50. The van der Waals surface area contributed by atoms with Crippen molar-refractivity contribution in [3.63, 3.8) is 0 Å². The minimum atomic E-state index is -0.986. The van der Waals surface area contributed by atoms with Crippen LogP contribution in [0.4, 0.5) is 0 Å². The molecule has 0 spiro atoms. The molecule has 2 aromatic rings. The van der Waals surface area contributed by atoms with Gasteiger partial charge in [-0.15, -0.1) is 10.2 Å². The molecule has 0 saturated carbocycles. The molecule has 2 N–H and O–H groups in total. The number of Topliss-reactive ketones (excluding diaryl/α,β-unsaturated/α-hetero) is 1. The van der Waals surface area contributed by atoms with Crippen molar-refractivity contribution < 1.29 is 4.79 Å². The fraction of sp³-hybridized carbons (Fsp3) is 0.214. The minimum absolute atomic E-state index is 0.0588. The Morgan fingerprint density at radius 3 is 2.77 bits per heavy atom. The number of aromatic nitrogens is 4. The van der Waals surface area contributed by atoms with E-state index >= 15 is 0 Å². The molecule has 0 aliphatic heterocycles. The number of rotatable bonds is 6. The van der Waals surface area contributed by atoms with E-state index in [1.807, 2.05) is 25.2 Å². The lowest BCUT2D eigenvalue weighted by Gasteiger charge is -2.07. The summed E-state index contributed by atoms with van der Waals surface area (Å²) in [4.78, 5) is 15.9. The zero-order chi connectivity index (χ0) is 16.1. The molecule has 8 heteroatoms. The molecular formula is C14H14N6OS. The fourth-order valence-electron chi connectivity index (χ4n) is 1.77. The summed E-state index contributed by atoms with van der Waals surface area (Å²) in [6.45, 7) is 3.45. The first kappa shape index (κ1) is 15.7. The van der Waals surface area contributed by atoms with E-state index in [4.69, 9.17) is 11.0 Å². The SMILES string of the molecule is C=C(N)[C@@H](C#N)C(=O)CSc1nnc(-c2ccncc2)n1C. The van der Waals surface area contributed by atoms with Gasteiger partial charge in [0, 0.05) is 30.7 Å². The molecular weight excluding hydrogens is 300 g/mol. The van der Waals surface area contributed by atoms with E-state index in [1.165, 1.54) is 11.8 Å². The van der Waals surface area contributed by atoms with Gasteiger partial charge in [0.2, 0.25) is 0 Å². The second kappa shape index (κ2) is 6.87. The van der Waals surface area contributed by atoms with Gasteiger partial charge >= 0.3 is 0 Å². The summed E-state index contributed by atoms with van der Waals surface area (Å²) in [5, 5.41) is 17.7. The molecule has 0 fully saturated rings. The molecule has 7 nitrogen and oxygen atoms in total. The van der Waals surface area contributed by atoms with Crippen LogP contribution in [0.15, 0.2) is 42.0 Å². The predicted octanol–water partition coefficient (Wildman–Crippen LogP) is 1.15. The van der Waals surface area contributed by atoms with Crippen LogP contribution in [0, 0.1) is 17.2 Å². The van der Waals surface area contributed by atoms with Crippen LogP contribution in [0.3, 0.4) is 0 Å². The Morgan fingerprint density at radius 1 is 1.50 bits per heavy atom. The third-order valence-corrected chi connectivity index (χ3v) is 3.98. The molecule has 112 valence electrons. The highest BCUT2D eigenvalue weighted by Gasteiger charge is 2.21. The summed E-state index contributed by atoms with van der Waals surface area (Å²) in [6.07, 6.45) is 3.34. The van der Waals surface area contributed by atoms with Crippen molar-refractivity contribution in [1.82, 2.24) is 19.7 Å². The zero-order valence-electron chi connectivity index (χ0n) is 11.9. The molecule has 0 radical (unpaired) electrons. The van der Waals surface area contributed by atoms with Crippen LogP contribution in [-0.4, -0.2) is 31.3 Å². The normalized spacial score (nSPS) is 11.6. The number of carbonyl (C=O) groups is 1. The van der Waals surface area contributed by atoms with Crippen LogP contribution in [0.25, 0.3) is 11.4 Å². The summed E-state index contributed by atoms with van der Waals surface area (Å²) in [5.41, 5.74) is 6.38. The zero-order valence-corrected chi connectivity index (χ0v) is 12.7. The van der Waals surface area contributed by atoms with Crippen LogP contribution in [0.1, 0.15) is 0 Å². The number of thioether (sulfide) groups is 1. The van der Waals surface area contributed by atoms with Crippen molar-refractivity contribution in [3.05, 3.63) is 36.8 Å². The molecule has 0 aliphatic carbocycles. The summed E-state index contributed by atoms with van der Waals surface area (Å²) in [7, 11) is 1.81. The fourth-order valence-corrected chi connectivity index (χ4v) is 2.59. The molecule has 22 heavy (non-hydrogen) atoms. The van der Waals surface area contributed by atoms with Crippen LogP contribution >= 0.6 is 11.8 Å². The van der Waals surface area contributed by atoms with Crippen molar-refractivity contribution in [2.75, 3.05) is 5.75 Å². The second-order valence-electron chi connectivity index (χ2n) is 4.49. The van der Waals surface area contributed by atoms with Gasteiger partial charge in [0.25, 0.3) is 0 Å². The molecule has 1 atom stereocenters. The molecule has 0 bridgehead atoms. The number of ketones is 1. The molecule has 2 heterocycles. The second-order valence-corrected chi connectivity index (χ2v) is 5.44. The maximum Gasteiger partial charge on any atom is 0.191 e. The van der Waals surface area contributed by atoms with Crippen LogP contribution in [0.2, 0.25) is 0 Å². The highest BCUT2D eigenvalue weighted by molar-refractivity contribution is 7.99. The van der Waals surface area contributed by atoms with Crippen molar-refractivity contribution in [2.45, 2.75) is 5.16 Å². The van der Waals surface area contributed by atoms with Crippen molar-refractivity contribution >= 4 is 17.5 Å². The number of hydrogen-bond acceptors (Lipinski definition) is 7. The smallest absolute Gasteiger partial charge is 0.191 e.